The first-order valence-corrected chi connectivity index (χ1v) is 8.06. The van der Waals surface area contributed by atoms with E-state index in [9.17, 15) is 4.79 Å². The van der Waals surface area contributed by atoms with E-state index in [1.165, 1.54) is 26.1 Å². The van der Waals surface area contributed by atoms with Crippen molar-refractivity contribution in [1.82, 2.24) is 4.98 Å². The first kappa shape index (κ1) is 15.0. The van der Waals surface area contributed by atoms with Gasteiger partial charge in [-0.3, -0.25) is 0 Å². The fourth-order valence-corrected chi connectivity index (χ4v) is 3.23. The highest BCUT2D eigenvalue weighted by atomic mass is 32.2. The third kappa shape index (κ3) is 3.56. The van der Waals surface area contributed by atoms with E-state index in [4.69, 9.17) is 10.5 Å². The molecule has 6 heteroatoms. The molecule has 1 heterocycles. The number of nitrogens with zero attached hydrogens (tertiary/aromatic N) is 1. The van der Waals surface area contributed by atoms with E-state index in [1.807, 2.05) is 11.8 Å². The van der Waals surface area contributed by atoms with Gasteiger partial charge in [0.15, 0.2) is 0 Å². The molecule has 1 aliphatic rings. The molecule has 0 atom stereocenters. The van der Waals surface area contributed by atoms with Crippen LogP contribution in [0, 0.1) is 0 Å². The monoisotopic (exact) mass is 295 g/mol. The smallest absolute Gasteiger partial charge is 0.340 e. The molecule has 1 fully saturated rings. The number of nitrogens with two attached hydrogens (primary N) is 1. The molecule has 5 nitrogen and oxygen atoms in total. The lowest BCUT2D eigenvalue weighted by atomic mass is 9.95. The number of hydrogen-bond donors (Lipinski definition) is 2. The molecule has 1 saturated carbocycles. The predicted octanol–water partition coefficient (Wildman–Crippen LogP) is 2.54. The summed E-state index contributed by atoms with van der Waals surface area (Å²) in [6, 6.07) is 2.09. The molecule has 0 radical (unpaired) electrons. The minimum Gasteiger partial charge on any atom is -0.465 e. The largest absolute Gasteiger partial charge is 0.465 e. The summed E-state index contributed by atoms with van der Waals surface area (Å²) in [6.45, 7) is 0. The topological polar surface area (TPSA) is 77.2 Å². The van der Waals surface area contributed by atoms with Crippen molar-refractivity contribution in [3.8, 4) is 0 Å². The highest BCUT2D eigenvalue weighted by Gasteiger charge is 2.21. The van der Waals surface area contributed by atoms with E-state index < -0.39 is 5.97 Å². The number of nitrogen functional groups attached to an aromatic ring is 1. The maximum absolute atomic E-state index is 11.6. The number of ether oxygens (including phenoxy) is 1. The van der Waals surface area contributed by atoms with E-state index in [1.54, 1.807) is 6.07 Å². The molecule has 0 aromatic carbocycles. The van der Waals surface area contributed by atoms with Crippen LogP contribution in [0.25, 0.3) is 0 Å². The number of methoxy groups -OCH3 is 1. The van der Waals surface area contributed by atoms with Gasteiger partial charge in [-0.15, -0.1) is 0 Å². The van der Waals surface area contributed by atoms with E-state index >= 15 is 0 Å². The third-order valence-corrected chi connectivity index (χ3v) is 4.84. The first-order valence-electron chi connectivity index (χ1n) is 6.77. The number of carbonyl (C=O) groups is 1. The minimum atomic E-state index is -0.431. The van der Waals surface area contributed by atoms with Crippen LogP contribution in [0.1, 0.15) is 36.0 Å². The summed E-state index contributed by atoms with van der Waals surface area (Å²) in [5, 5.41) is 4.16. The zero-order valence-corrected chi connectivity index (χ0v) is 12.7. The molecule has 2 rings (SSSR count). The standard InChI is InChI=1S/C14H21N3O2S/c1-19-14(18)11-7-13(16-8-12(11)15)17-9-3-5-10(20-2)6-4-9/h7-10H,3-6,15H2,1-2H3,(H,16,17). The van der Waals surface area contributed by atoms with Crippen molar-refractivity contribution in [2.75, 3.05) is 24.4 Å². The molecule has 0 unspecified atom stereocenters. The molecule has 1 aromatic heterocycles. The van der Waals surface area contributed by atoms with Crippen molar-refractivity contribution in [3.63, 3.8) is 0 Å². The Kier molecular flexibility index (Phi) is 5.11. The van der Waals surface area contributed by atoms with E-state index in [0.29, 0.717) is 23.1 Å². The zero-order chi connectivity index (χ0) is 14.5. The van der Waals surface area contributed by atoms with E-state index in [0.717, 1.165) is 18.1 Å². The van der Waals surface area contributed by atoms with Gasteiger partial charge >= 0.3 is 5.97 Å². The van der Waals surface area contributed by atoms with Crippen molar-refractivity contribution in [2.45, 2.75) is 37.0 Å². The summed E-state index contributed by atoms with van der Waals surface area (Å²) in [5.74, 6) is 0.256. The molecular formula is C14H21N3O2S. The van der Waals surface area contributed by atoms with Gasteiger partial charge in [-0.05, 0) is 38.0 Å². The molecular weight excluding hydrogens is 274 g/mol. The van der Waals surface area contributed by atoms with Gasteiger partial charge in [0, 0.05) is 11.3 Å². The fourth-order valence-electron chi connectivity index (χ4n) is 2.48. The molecule has 0 aliphatic heterocycles. The summed E-state index contributed by atoms with van der Waals surface area (Å²) in [7, 11) is 1.35. The SMILES string of the molecule is COC(=O)c1cc(NC2CCC(SC)CC2)ncc1N. The van der Waals surface area contributed by atoms with Gasteiger partial charge in [-0.25, -0.2) is 9.78 Å². The number of esters is 1. The van der Waals surface area contributed by atoms with Crippen LogP contribution >= 0.6 is 11.8 Å². The Labute approximate surface area is 123 Å². The summed E-state index contributed by atoms with van der Waals surface area (Å²) >= 11 is 1.94. The zero-order valence-electron chi connectivity index (χ0n) is 11.9. The summed E-state index contributed by atoms with van der Waals surface area (Å²) < 4.78 is 4.71. The lowest BCUT2D eigenvalue weighted by Gasteiger charge is -2.28. The maximum atomic E-state index is 11.6. The van der Waals surface area contributed by atoms with Crippen molar-refractivity contribution in [3.05, 3.63) is 17.8 Å². The van der Waals surface area contributed by atoms with Crippen LogP contribution in [0.2, 0.25) is 0 Å². The summed E-state index contributed by atoms with van der Waals surface area (Å²) in [5.41, 5.74) is 6.45. The second-order valence-corrected chi connectivity index (χ2v) is 6.14. The number of nitrogens with one attached hydrogen (secondary N) is 1. The van der Waals surface area contributed by atoms with Crippen LogP contribution in [0.4, 0.5) is 11.5 Å². The van der Waals surface area contributed by atoms with Gasteiger partial charge in [0.25, 0.3) is 0 Å². The van der Waals surface area contributed by atoms with Crippen LogP contribution in [0.15, 0.2) is 12.3 Å². The lowest BCUT2D eigenvalue weighted by molar-refractivity contribution is 0.0602. The van der Waals surface area contributed by atoms with Gasteiger partial charge < -0.3 is 15.8 Å². The maximum Gasteiger partial charge on any atom is 0.340 e. The van der Waals surface area contributed by atoms with Gasteiger partial charge in [0.2, 0.25) is 0 Å². The predicted molar refractivity (Wildman–Crippen MR) is 83.2 cm³/mol. The van der Waals surface area contributed by atoms with Crippen LogP contribution in [-0.4, -0.2) is 35.6 Å². The van der Waals surface area contributed by atoms with Crippen molar-refractivity contribution < 1.29 is 9.53 Å². The van der Waals surface area contributed by atoms with E-state index in [2.05, 4.69) is 16.6 Å². The number of aromatic nitrogens is 1. The summed E-state index contributed by atoms with van der Waals surface area (Å²) in [6.07, 6.45) is 8.37. The molecule has 0 amide bonds. The molecule has 1 aliphatic carbocycles. The quantitative estimate of drug-likeness (QED) is 0.831. The molecule has 110 valence electrons. The number of hydrogen-bond acceptors (Lipinski definition) is 6. The van der Waals surface area contributed by atoms with Crippen LogP contribution in [0.5, 0.6) is 0 Å². The molecule has 0 spiro atoms. The Morgan fingerprint density at radius 1 is 1.45 bits per heavy atom. The van der Waals surface area contributed by atoms with Gasteiger partial charge in [0.05, 0.1) is 24.6 Å². The molecule has 0 bridgehead atoms. The normalized spacial score (nSPS) is 22.3. The van der Waals surface area contributed by atoms with Crippen LogP contribution in [0.3, 0.4) is 0 Å². The van der Waals surface area contributed by atoms with Crippen molar-refractivity contribution >= 4 is 29.2 Å². The molecule has 1 aromatic rings. The number of pyridine rings is 1. The minimum absolute atomic E-state index is 0.341. The second-order valence-electron chi connectivity index (χ2n) is 5.00. The number of rotatable bonds is 4. The Morgan fingerprint density at radius 3 is 2.75 bits per heavy atom. The van der Waals surface area contributed by atoms with Gasteiger partial charge in [0.1, 0.15) is 5.82 Å². The van der Waals surface area contributed by atoms with Crippen LogP contribution < -0.4 is 11.1 Å². The first-order chi connectivity index (χ1) is 9.63. The fraction of sp³-hybridized carbons (Fsp3) is 0.571. The number of thioether (sulfide) groups is 1. The summed E-state index contributed by atoms with van der Waals surface area (Å²) in [4.78, 5) is 15.8. The van der Waals surface area contributed by atoms with E-state index in [-0.39, 0.29) is 0 Å². The Hall–Kier alpha value is -1.43. The lowest BCUT2D eigenvalue weighted by Crippen LogP contribution is -2.27. The molecule has 20 heavy (non-hydrogen) atoms. The average Bonchev–Trinajstić information content (AvgIpc) is 2.49. The van der Waals surface area contributed by atoms with Crippen molar-refractivity contribution in [1.29, 1.82) is 0 Å². The number of carbonyl (C=O) groups excluding carboxylic acids is 1. The second kappa shape index (κ2) is 6.83. The highest BCUT2D eigenvalue weighted by Crippen LogP contribution is 2.28. The Bertz CT molecular complexity index is 473. The Morgan fingerprint density at radius 2 is 2.15 bits per heavy atom. The average molecular weight is 295 g/mol. The third-order valence-electron chi connectivity index (χ3n) is 3.70. The molecule has 3 N–H and O–H groups in total. The highest BCUT2D eigenvalue weighted by molar-refractivity contribution is 7.99. The van der Waals surface area contributed by atoms with Crippen LogP contribution in [-0.2, 0) is 4.74 Å². The number of anilines is 2. The van der Waals surface area contributed by atoms with Gasteiger partial charge in [-0.1, -0.05) is 0 Å². The molecule has 0 saturated heterocycles. The van der Waals surface area contributed by atoms with Crippen molar-refractivity contribution in [2.24, 2.45) is 0 Å². The Balaban J connectivity index is 2.01. The van der Waals surface area contributed by atoms with Gasteiger partial charge in [-0.2, -0.15) is 11.8 Å².